The molecular weight excluding hydrogens is 358 g/mol. The predicted molar refractivity (Wildman–Crippen MR) is 84.6 cm³/mol. The Labute approximate surface area is 138 Å². The van der Waals surface area contributed by atoms with Crippen molar-refractivity contribution in [3.8, 4) is 0 Å². The van der Waals surface area contributed by atoms with Gasteiger partial charge in [0.1, 0.15) is 0 Å². The molecule has 1 amide bonds. The van der Waals surface area contributed by atoms with E-state index in [2.05, 4.69) is 15.9 Å². The number of nitrogens with zero attached hydrogens (tertiary/aromatic N) is 1. The van der Waals surface area contributed by atoms with Gasteiger partial charge < -0.3 is 10.0 Å². The molecule has 2 aliphatic rings. The molecular formula is C15H17BrClNO3. The fourth-order valence-corrected chi connectivity index (χ4v) is 3.21. The van der Waals surface area contributed by atoms with Gasteiger partial charge >= 0.3 is 5.97 Å². The Kier molecular flexibility index (Phi) is 4.94. The zero-order valence-corrected chi connectivity index (χ0v) is 13.8. The van der Waals surface area contributed by atoms with E-state index in [0.29, 0.717) is 25.4 Å². The van der Waals surface area contributed by atoms with Crippen LogP contribution in [0.2, 0.25) is 0 Å². The first-order chi connectivity index (χ1) is 9.56. The number of benzene rings is 1. The van der Waals surface area contributed by atoms with Crippen molar-refractivity contribution in [3.05, 3.63) is 34.3 Å². The van der Waals surface area contributed by atoms with E-state index < -0.39 is 5.97 Å². The van der Waals surface area contributed by atoms with E-state index in [-0.39, 0.29) is 30.2 Å². The second-order valence-electron chi connectivity index (χ2n) is 5.61. The monoisotopic (exact) mass is 373 g/mol. The molecule has 1 heterocycles. The van der Waals surface area contributed by atoms with Gasteiger partial charge in [0.15, 0.2) is 0 Å². The van der Waals surface area contributed by atoms with Crippen molar-refractivity contribution in [3.63, 3.8) is 0 Å². The average Bonchev–Trinajstić information content (AvgIpc) is 3.06. The molecule has 21 heavy (non-hydrogen) atoms. The first-order valence-electron chi connectivity index (χ1n) is 6.83. The van der Waals surface area contributed by atoms with Gasteiger partial charge in [-0.25, -0.2) is 0 Å². The van der Waals surface area contributed by atoms with E-state index in [0.717, 1.165) is 10.9 Å². The number of halogens is 2. The van der Waals surface area contributed by atoms with Crippen LogP contribution in [0.4, 0.5) is 0 Å². The molecule has 1 N–H and O–H groups in total. The lowest BCUT2D eigenvalue weighted by Gasteiger charge is -2.15. The number of carbonyl (C=O) groups excluding carboxylic acids is 1. The van der Waals surface area contributed by atoms with E-state index in [1.807, 2.05) is 24.3 Å². The van der Waals surface area contributed by atoms with Crippen molar-refractivity contribution in [2.75, 3.05) is 13.1 Å². The average molecular weight is 375 g/mol. The topological polar surface area (TPSA) is 57.6 Å². The van der Waals surface area contributed by atoms with Crippen molar-refractivity contribution < 1.29 is 14.7 Å². The maximum atomic E-state index is 12.4. The maximum Gasteiger partial charge on any atom is 0.308 e. The summed E-state index contributed by atoms with van der Waals surface area (Å²) in [7, 11) is 0. The van der Waals surface area contributed by atoms with Gasteiger partial charge in [0.25, 0.3) is 0 Å². The van der Waals surface area contributed by atoms with Crippen LogP contribution in [-0.4, -0.2) is 35.0 Å². The lowest BCUT2D eigenvalue weighted by molar-refractivity contribution is -0.141. The highest BCUT2D eigenvalue weighted by molar-refractivity contribution is 9.10. The summed E-state index contributed by atoms with van der Waals surface area (Å²) < 4.78 is 1.04. The number of carbonyl (C=O) groups is 2. The first-order valence-corrected chi connectivity index (χ1v) is 7.62. The Morgan fingerprint density at radius 2 is 1.90 bits per heavy atom. The summed E-state index contributed by atoms with van der Waals surface area (Å²) in [5.74, 6) is -0.700. The van der Waals surface area contributed by atoms with Crippen LogP contribution >= 0.6 is 28.3 Å². The molecule has 1 aromatic rings. The number of rotatable bonds is 3. The first kappa shape index (κ1) is 16.3. The van der Waals surface area contributed by atoms with E-state index >= 15 is 0 Å². The van der Waals surface area contributed by atoms with E-state index in [1.54, 1.807) is 4.90 Å². The zero-order chi connectivity index (χ0) is 14.3. The van der Waals surface area contributed by atoms with Crippen molar-refractivity contribution in [2.24, 2.45) is 11.8 Å². The van der Waals surface area contributed by atoms with Crippen molar-refractivity contribution in [1.82, 2.24) is 4.90 Å². The molecule has 114 valence electrons. The summed E-state index contributed by atoms with van der Waals surface area (Å²) >= 11 is 3.40. The molecule has 1 saturated heterocycles. The SMILES string of the molecule is Cl.O=C(O)C1CCN(C(=O)C2CC2c2ccc(Br)cc2)C1. The van der Waals surface area contributed by atoms with Gasteiger partial charge in [-0.15, -0.1) is 12.4 Å². The Morgan fingerprint density at radius 1 is 1.24 bits per heavy atom. The van der Waals surface area contributed by atoms with Gasteiger partial charge in [-0.3, -0.25) is 9.59 Å². The summed E-state index contributed by atoms with van der Waals surface area (Å²) in [4.78, 5) is 25.0. The molecule has 2 fully saturated rings. The highest BCUT2D eigenvalue weighted by Crippen LogP contribution is 2.49. The molecule has 0 radical (unpaired) electrons. The number of aliphatic carboxylic acids is 1. The third-order valence-corrected chi connectivity index (χ3v) is 4.78. The summed E-state index contributed by atoms with van der Waals surface area (Å²) in [5, 5.41) is 8.98. The van der Waals surface area contributed by atoms with Gasteiger partial charge in [-0.1, -0.05) is 28.1 Å². The van der Waals surface area contributed by atoms with E-state index in [9.17, 15) is 9.59 Å². The largest absolute Gasteiger partial charge is 0.481 e. The number of amides is 1. The number of carboxylic acid groups (broad SMARTS) is 1. The van der Waals surface area contributed by atoms with Gasteiger partial charge in [-0.2, -0.15) is 0 Å². The molecule has 6 heteroatoms. The molecule has 0 spiro atoms. The molecule has 0 bridgehead atoms. The van der Waals surface area contributed by atoms with Gasteiger partial charge in [-0.05, 0) is 36.5 Å². The van der Waals surface area contributed by atoms with Crippen LogP contribution in [-0.2, 0) is 9.59 Å². The highest BCUT2D eigenvalue weighted by atomic mass is 79.9. The summed E-state index contributed by atoms with van der Waals surface area (Å²) in [5.41, 5.74) is 1.19. The minimum Gasteiger partial charge on any atom is -0.481 e. The third kappa shape index (κ3) is 3.40. The zero-order valence-electron chi connectivity index (χ0n) is 11.4. The molecule has 1 aliphatic heterocycles. The standard InChI is InChI=1S/C15H16BrNO3.ClH/c16-11-3-1-9(2-4-11)12-7-13(12)14(18)17-6-5-10(8-17)15(19)20;/h1-4,10,12-13H,5-8H2,(H,19,20);1H. The molecule has 4 nitrogen and oxygen atoms in total. The Morgan fingerprint density at radius 3 is 2.48 bits per heavy atom. The fourth-order valence-electron chi connectivity index (χ4n) is 2.94. The third-order valence-electron chi connectivity index (χ3n) is 4.25. The van der Waals surface area contributed by atoms with Crippen LogP contribution in [0.5, 0.6) is 0 Å². The molecule has 3 atom stereocenters. The molecule has 3 rings (SSSR count). The lowest BCUT2D eigenvalue weighted by Crippen LogP contribution is -2.31. The molecule has 1 aliphatic carbocycles. The normalized spacial score (nSPS) is 27.1. The van der Waals surface area contributed by atoms with Gasteiger partial charge in [0, 0.05) is 23.5 Å². The number of hydrogen-bond acceptors (Lipinski definition) is 2. The number of likely N-dealkylation sites (tertiary alicyclic amines) is 1. The summed E-state index contributed by atoms with van der Waals surface area (Å²) in [6.07, 6.45) is 1.46. The Bertz CT molecular complexity index is 548. The van der Waals surface area contributed by atoms with Crippen LogP contribution in [0.3, 0.4) is 0 Å². The van der Waals surface area contributed by atoms with Gasteiger partial charge in [0.05, 0.1) is 5.92 Å². The summed E-state index contributed by atoms with van der Waals surface area (Å²) in [6, 6.07) is 8.08. The van der Waals surface area contributed by atoms with Crippen LogP contribution in [0.25, 0.3) is 0 Å². The van der Waals surface area contributed by atoms with Crippen molar-refractivity contribution >= 4 is 40.2 Å². The maximum absolute atomic E-state index is 12.4. The molecule has 0 aromatic heterocycles. The van der Waals surface area contributed by atoms with Crippen LogP contribution in [0.1, 0.15) is 24.3 Å². The molecule has 3 unspecified atom stereocenters. The van der Waals surface area contributed by atoms with Crippen molar-refractivity contribution in [1.29, 1.82) is 0 Å². The number of hydrogen-bond donors (Lipinski definition) is 1. The predicted octanol–water partition coefficient (Wildman–Crippen LogP) is 2.91. The summed E-state index contributed by atoms with van der Waals surface area (Å²) in [6.45, 7) is 0.955. The van der Waals surface area contributed by atoms with E-state index in [1.165, 1.54) is 5.56 Å². The Balaban J connectivity index is 0.00000161. The smallest absolute Gasteiger partial charge is 0.308 e. The van der Waals surface area contributed by atoms with Crippen LogP contribution in [0.15, 0.2) is 28.7 Å². The van der Waals surface area contributed by atoms with E-state index in [4.69, 9.17) is 5.11 Å². The highest BCUT2D eigenvalue weighted by Gasteiger charge is 2.47. The van der Waals surface area contributed by atoms with Gasteiger partial charge in [0.2, 0.25) is 5.91 Å². The minimum absolute atomic E-state index is 0. The second kappa shape index (κ2) is 6.36. The second-order valence-corrected chi connectivity index (χ2v) is 6.52. The van der Waals surface area contributed by atoms with Crippen LogP contribution < -0.4 is 0 Å². The quantitative estimate of drug-likeness (QED) is 0.885. The number of carboxylic acids is 1. The molecule has 1 aromatic carbocycles. The lowest BCUT2D eigenvalue weighted by atomic mass is 10.1. The molecule has 1 saturated carbocycles. The minimum atomic E-state index is -0.791. The van der Waals surface area contributed by atoms with Crippen molar-refractivity contribution in [2.45, 2.75) is 18.8 Å². The fraction of sp³-hybridized carbons (Fsp3) is 0.467. The van der Waals surface area contributed by atoms with Crippen LogP contribution in [0, 0.1) is 11.8 Å². The Hall–Kier alpha value is -1.07.